The van der Waals surface area contributed by atoms with Crippen LogP contribution in [0.15, 0.2) is 18.2 Å². The van der Waals surface area contributed by atoms with E-state index in [0.29, 0.717) is 28.6 Å². The first-order valence-corrected chi connectivity index (χ1v) is 6.65. The lowest BCUT2D eigenvalue weighted by Gasteiger charge is -2.22. The lowest BCUT2D eigenvalue weighted by atomic mass is 10.1. The van der Waals surface area contributed by atoms with E-state index < -0.39 is 6.10 Å². The van der Waals surface area contributed by atoms with Crippen LogP contribution < -0.4 is 0 Å². The Balaban J connectivity index is 2.56. The van der Waals surface area contributed by atoms with Crippen LogP contribution in [0.4, 0.5) is 0 Å². The fourth-order valence-corrected chi connectivity index (χ4v) is 2.20. The van der Waals surface area contributed by atoms with Gasteiger partial charge in [-0.2, -0.15) is 0 Å². The minimum Gasteiger partial charge on any atom is -0.393 e. The number of aliphatic hydroxyl groups is 2. The molecule has 0 heterocycles. The first-order chi connectivity index (χ1) is 8.40. The highest BCUT2D eigenvalue weighted by Crippen LogP contribution is 2.26. The predicted molar refractivity (Wildman–Crippen MR) is 75.2 cm³/mol. The van der Waals surface area contributed by atoms with E-state index in [9.17, 15) is 10.2 Å². The highest BCUT2D eigenvalue weighted by molar-refractivity contribution is 6.35. The lowest BCUT2D eigenvalue weighted by Crippen LogP contribution is -2.27. The molecule has 1 aromatic rings. The third-order valence-corrected chi connectivity index (χ3v) is 3.30. The van der Waals surface area contributed by atoms with Crippen molar-refractivity contribution in [2.75, 3.05) is 20.1 Å². The monoisotopic (exact) mass is 291 g/mol. The Hall–Kier alpha value is -0.320. The van der Waals surface area contributed by atoms with Crippen molar-refractivity contribution in [1.82, 2.24) is 4.90 Å². The molecule has 0 fully saturated rings. The summed E-state index contributed by atoms with van der Waals surface area (Å²) in [5.74, 6) is 0. The number of hydrogen-bond donors (Lipinski definition) is 2. The average Bonchev–Trinajstić information content (AvgIpc) is 2.26. The molecular formula is C13H19Cl2NO2. The van der Waals surface area contributed by atoms with E-state index in [2.05, 4.69) is 0 Å². The number of rotatable bonds is 6. The van der Waals surface area contributed by atoms with Crippen molar-refractivity contribution in [2.24, 2.45) is 0 Å². The molecule has 0 aliphatic carbocycles. The summed E-state index contributed by atoms with van der Waals surface area (Å²) in [4.78, 5) is 1.96. The number of hydrogen-bond acceptors (Lipinski definition) is 3. The van der Waals surface area contributed by atoms with Crippen molar-refractivity contribution >= 4 is 23.2 Å². The number of benzene rings is 1. The maximum absolute atomic E-state index is 10.1. The van der Waals surface area contributed by atoms with Gasteiger partial charge in [0, 0.05) is 28.7 Å². The predicted octanol–water partition coefficient (Wildman–Crippen LogP) is 2.73. The number of aliphatic hydroxyl groups excluding tert-OH is 2. The van der Waals surface area contributed by atoms with Crippen LogP contribution in [0.25, 0.3) is 0 Å². The summed E-state index contributed by atoms with van der Waals surface area (Å²) >= 11 is 11.8. The summed E-state index contributed by atoms with van der Waals surface area (Å²) in [6.45, 7) is 2.94. The zero-order chi connectivity index (χ0) is 13.7. The molecule has 18 heavy (non-hydrogen) atoms. The van der Waals surface area contributed by atoms with Gasteiger partial charge in [0.15, 0.2) is 0 Å². The van der Waals surface area contributed by atoms with Gasteiger partial charge in [-0.3, -0.25) is 0 Å². The van der Waals surface area contributed by atoms with Crippen molar-refractivity contribution in [3.8, 4) is 0 Å². The van der Waals surface area contributed by atoms with Crippen LogP contribution in [-0.4, -0.2) is 41.4 Å². The van der Waals surface area contributed by atoms with Gasteiger partial charge < -0.3 is 15.1 Å². The molecule has 0 amide bonds. The molecule has 0 bridgehead atoms. The van der Waals surface area contributed by atoms with Crippen LogP contribution in [0.2, 0.25) is 10.0 Å². The van der Waals surface area contributed by atoms with E-state index >= 15 is 0 Å². The average molecular weight is 292 g/mol. The molecule has 1 rings (SSSR count). The summed E-state index contributed by atoms with van der Waals surface area (Å²) in [5, 5.41) is 20.3. The molecule has 102 valence electrons. The number of halogens is 2. The second-order valence-corrected chi connectivity index (χ2v) is 5.43. The van der Waals surface area contributed by atoms with Gasteiger partial charge in [-0.25, -0.2) is 0 Å². The highest BCUT2D eigenvalue weighted by atomic mass is 35.5. The highest BCUT2D eigenvalue weighted by Gasteiger charge is 2.14. The summed E-state index contributed by atoms with van der Waals surface area (Å²) in [6, 6.07) is 5.07. The Morgan fingerprint density at radius 3 is 2.50 bits per heavy atom. The van der Waals surface area contributed by atoms with Gasteiger partial charge in [0.05, 0.1) is 12.2 Å². The quantitative estimate of drug-likeness (QED) is 0.847. The number of likely N-dealkylation sites (N-methyl/N-ethyl adjacent to an activating group) is 1. The van der Waals surface area contributed by atoms with Crippen molar-refractivity contribution in [3.63, 3.8) is 0 Å². The third-order valence-electron chi connectivity index (χ3n) is 2.73. The van der Waals surface area contributed by atoms with Crippen LogP contribution in [0.1, 0.15) is 25.0 Å². The van der Waals surface area contributed by atoms with Gasteiger partial charge in [-0.15, -0.1) is 0 Å². The van der Waals surface area contributed by atoms with E-state index in [4.69, 9.17) is 23.2 Å². The van der Waals surface area contributed by atoms with E-state index in [1.54, 1.807) is 25.1 Å². The summed E-state index contributed by atoms with van der Waals surface area (Å²) in [6.07, 6.45) is -0.310. The van der Waals surface area contributed by atoms with Crippen LogP contribution in [-0.2, 0) is 0 Å². The molecule has 5 heteroatoms. The fraction of sp³-hybridized carbons (Fsp3) is 0.538. The molecule has 0 saturated carbocycles. The number of nitrogens with zero attached hydrogens (tertiary/aromatic N) is 1. The standard InChI is InChI=1S/C13H19Cl2NO2/c1-9(17)5-6-16(2)8-13(18)11-4-3-10(14)7-12(11)15/h3-4,7,9,13,17-18H,5-6,8H2,1-2H3. The van der Waals surface area contributed by atoms with Gasteiger partial charge in [-0.05, 0) is 32.5 Å². The van der Waals surface area contributed by atoms with Gasteiger partial charge in [0.1, 0.15) is 0 Å². The normalized spacial score (nSPS) is 14.8. The van der Waals surface area contributed by atoms with Crippen molar-refractivity contribution in [3.05, 3.63) is 33.8 Å². The molecule has 0 aromatic heterocycles. The molecule has 0 spiro atoms. The molecular weight excluding hydrogens is 273 g/mol. The van der Waals surface area contributed by atoms with E-state index in [1.165, 1.54) is 0 Å². The maximum Gasteiger partial charge on any atom is 0.0931 e. The topological polar surface area (TPSA) is 43.7 Å². The van der Waals surface area contributed by atoms with E-state index in [0.717, 1.165) is 6.54 Å². The van der Waals surface area contributed by atoms with Gasteiger partial charge >= 0.3 is 0 Å². The molecule has 3 nitrogen and oxygen atoms in total. The largest absolute Gasteiger partial charge is 0.393 e. The zero-order valence-electron chi connectivity index (χ0n) is 10.6. The van der Waals surface area contributed by atoms with Crippen molar-refractivity contribution < 1.29 is 10.2 Å². The Kier molecular flexibility index (Phi) is 6.39. The summed E-state index contributed by atoms with van der Waals surface area (Å²) in [5.41, 5.74) is 0.671. The smallest absolute Gasteiger partial charge is 0.0931 e. The van der Waals surface area contributed by atoms with Crippen molar-refractivity contribution in [1.29, 1.82) is 0 Å². The molecule has 2 atom stereocenters. The minimum absolute atomic E-state index is 0.330. The molecule has 1 aromatic carbocycles. The Morgan fingerprint density at radius 2 is 1.94 bits per heavy atom. The molecule has 0 radical (unpaired) electrons. The molecule has 0 aliphatic rings. The molecule has 2 unspecified atom stereocenters. The maximum atomic E-state index is 10.1. The molecule has 0 aliphatic heterocycles. The summed E-state index contributed by atoms with van der Waals surface area (Å²) in [7, 11) is 1.90. The van der Waals surface area contributed by atoms with Crippen molar-refractivity contribution in [2.45, 2.75) is 25.6 Å². The van der Waals surface area contributed by atoms with Crippen LogP contribution in [0, 0.1) is 0 Å². The lowest BCUT2D eigenvalue weighted by molar-refractivity contribution is 0.111. The van der Waals surface area contributed by atoms with Gasteiger partial charge in [0.25, 0.3) is 0 Å². The Labute approximate surface area is 118 Å². The third kappa shape index (κ3) is 5.12. The van der Waals surface area contributed by atoms with Gasteiger partial charge in [0.2, 0.25) is 0 Å². The van der Waals surface area contributed by atoms with Gasteiger partial charge in [-0.1, -0.05) is 29.3 Å². The zero-order valence-corrected chi connectivity index (χ0v) is 12.1. The second-order valence-electron chi connectivity index (χ2n) is 4.58. The SMILES string of the molecule is CC(O)CCN(C)CC(O)c1ccc(Cl)cc1Cl. The van der Waals surface area contributed by atoms with E-state index in [1.807, 2.05) is 11.9 Å². The first kappa shape index (κ1) is 15.7. The fourth-order valence-electron chi connectivity index (χ4n) is 1.66. The van der Waals surface area contributed by atoms with Crippen LogP contribution >= 0.6 is 23.2 Å². The Morgan fingerprint density at radius 1 is 1.28 bits per heavy atom. The summed E-state index contributed by atoms with van der Waals surface area (Å²) < 4.78 is 0. The first-order valence-electron chi connectivity index (χ1n) is 5.89. The Bertz CT molecular complexity index is 385. The minimum atomic E-state index is -0.659. The van der Waals surface area contributed by atoms with Crippen LogP contribution in [0.3, 0.4) is 0 Å². The van der Waals surface area contributed by atoms with E-state index in [-0.39, 0.29) is 6.10 Å². The molecule has 2 N–H and O–H groups in total. The van der Waals surface area contributed by atoms with Crippen LogP contribution in [0.5, 0.6) is 0 Å². The second kappa shape index (κ2) is 7.31. The molecule has 0 saturated heterocycles.